The fraction of sp³-hybridized carbons (Fsp3) is 0.333. The molecule has 1 aromatic rings. The van der Waals surface area contributed by atoms with E-state index in [1.807, 2.05) is 0 Å². The molecule has 0 saturated carbocycles. The number of aliphatic carboxylic acids is 1. The first-order chi connectivity index (χ1) is 8.56. The summed E-state index contributed by atoms with van der Waals surface area (Å²) in [4.78, 5) is 22.4. The van der Waals surface area contributed by atoms with Crippen molar-refractivity contribution in [2.45, 2.75) is 12.5 Å². The predicted octanol–water partition coefficient (Wildman–Crippen LogP) is 1.39. The minimum absolute atomic E-state index is 0.268. The lowest BCUT2D eigenvalue weighted by atomic mass is 10.0. The minimum atomic E-state index is -1.04. The largest absolute Gasteiger partial charge is 0.497 e. The molecular formula is C12H12O6. The Kier molecular flexibility index (Phi) is 3.10. The van der Waals surface area contributed by atoms with E-state index >= 15 is 0 Å². The van der Waals surface area contributed by atoms with Gasteiger partial charge in [0.2, 0.25) is 0 Å². The third-order valence-corrected chi connectivity index (χ3v) is 2.72. The Balaban J connectivity index is 2.51. The standard InChI is InChI=1S/C12H12O6/c1-16-6-3-7-8(5-10(13)14)18-12(15)11(7)9(4-6)17-2/h3-4,8H,5H2,1-2H3,(H,13,14). The van der Waals surface area contributed by atoms with Gasteiger partial charge in [-0.1, -0.05) is 0 Å². The molecule has 0 fully saturated rings. The van der Waals surface area contributed by atoms with Gasteiger partial charge >= 0.3 is 11.9 Å². The van der Waals surface area contributed by atoms with Gasteiger partial charge in [0.25, 0.3) is 0 Å². The first kappa shape index (κ1) is 12.2. The van der Waals surface area contributed by atoms with E-state index in [-0.39, 0.29) is 12.0 Å². The van der Waals surface area contributed by atoms with Gasteiger partial charge < -0.3 is 19.3 Å². The summed E-state index contributed by atoms with van der Waals surface area (Å²) in [5.41, 5.74) is 0.753. The minimum Gasteiger partial charge on any atom is -0.497 e. The van der Waals surface area contributed by atoms with Gasteiger partial charge in [-0.15, -0.1) is 0 Å². The lowest BCUT2D eigenvalue weighted by Gasteiger charge is -2.10. The number of esters is 1. The molecule has 6 heteroatoms. The molecule has 1 aromatic carbocycles. The van der Waals surface area contributed by atoms with E-state index in [9.17, 15) is 9.59 Å². The van der Waals surface area contributed by atoms with Crippen LogP contribution in [0, 0.1) is 0 Å². The van der Waals surface area contributed by atoms with Crippen molar-refractivity contribution in [3.63, 3.8) is 0 Å². The van der Waals surface area contributed by atoms with Crippen LogP contribution in [0.25, 0.3) is 0 Å². The third-order valence-electron chi connectivity index (χ3n) is 2.72. The van der Waals surface area contributed by atoms with E-state index < -0.39 is 18.0 Å². The number of benzene rings is 1. The fourth-order valence-electron chi connectivity index (χ4n) is 1.92. The topological polar surface area (TPSA) is 82.1 Å². The van der Waals surface area contributed by atoms with Crippen LogP contribution >= 0.6 is 0 Å². The summed E-state index contributed by atoms with van der Waals surface area (Å²) in [6.07, 6.45) is -1.08. The summed E-state index contributed by atoms with van der Waals surface area (Å²) in [7, 11) is 2.90. The van der Waals surface area contributed by atoms with Gasteiger partial charge in [-0.05, 0) is 6.07 Å². The van der Waals surface area contributed by atoms with Crippen LogP contribution in [0.5, 0.6) is 11.5 Å². The highest BCUT2D eigenvalue weighted by molar-refractivity contribution is 5.97. The van der Waals surface area contributed by atoms with E-state index in [1.54, 1.807) is 12.1 Å². The smallest absolute Gasteiger partial charge is 0.342 e. The highest BCUT2D eigenvalue weighted by Gasteiger charge is 2.36. The van der Waals surface area contributed by atoms with Gasteiger partial charge in [-0.3, -0.25) is 4.79 Å². The number of cyclic esters (lactones) is 1. The van der Waals surface area contributed by atoms with Gasteiger partial charge in [0, 0.05) is 11.6 Å². The molecule has 1 atom stereocenters. The maximum Gasteiger partial charge on any atom is 0.342 e. The molecule has 0 saturated heterocycles. The number of hydrogen-bond acceptors (Lipinski definition) is 5. The number of ether oxygens (including phenoxy) is 3. The second-order valence-electron chi connectivity index (χ2n) is 3.79. The molecule has 1 unspecified atom stereocenters. The number of methoxy groups -OCH3 is 2. The molecule has 0 bridgehead atoms. The Morgan fingerprint density at radius 2 is 2.11 bits per heavy atom. The highest BCUT2D eigenvalue weighted by Crippen LogP contribution is 2.40. The molecule has 1 aliphatic heterocycles. The molecule has 0 aliphatic carbocycles. The van der Waals surface area contributed by atoms with E-state index in [0.717, 1.165) is 0 Å². The Hall–Kier alpha value is -2.24. The number of rotatable bonds is 4. The van der Waals surface area contributed by atoms with Gasteiger partial charge in [0.05, 0.1) is 20.6 Å². The number of carbonyl (C=O) groups is 2. The van der Waals surface area contributed by atoms with Crippen LogP contribution in [0.3, 0.4) is 0 Å². The van der Waals surface area contributed by atoms with Crippen LogP contribution < -0.4 is 9.47 Å². The van der Waals surface area contributed by atoms with Crippen LogP contribution in [0.1, 0.15) is 28.4 Å². The van der Waals surface area contributed by atoms with Crippen molar-refractivity contribution in [1.82, 2.24) is 0 Å². The second kappa shape index (κ2) is 4.56. The lowest BCUT2D eigenvalue weighted by molar-refractivity contribution is -0.139. The number of fused-ring (bicyclic) bond motifs is 1. The summed E-state index contributed by atoms with van der Waals surface area (Å²) < 4.78 is 15.2. The zero-order valence-corrected chi connectivity index (χ0v) is 9.93. The highest BCUT2D eigenvalue weighted by atomic mass is 16.6. The molecule has 1 N–H and O–H groups in total. The predicted molar refractivity (Wildman–Crippen MR) is 60.0 cm³/mol. The number of carbonyl (C=O) groups excluding carboxylic acids is 1. The first-order valence-corrected chi connectivity index (χ1v) is 5.25. The summed E-state index contributed by atoms with van der Waals surface area (Å²) in [5, 5.41) is 8.78. The Bertz CT molecular complexity index is 508. The normalized spacial score (nSPS) is 17.0. The summed E-state index contributed by atoms with van der Waals surface area (Å²) >= 11 is 0. The van der Waals surface area contributed by atoms with Gasteiger partial charge in [0.1, 0.15) is 23.2 Å². The molecule has 1 heterocycles. The number of carboxylic acid groups (broad SMARTS) is 1. The average Bonchev–Trinajstić information content (AvgIpc) is 2.64. The van der Waals surface area contributed by atoms with Gasteiger partial charge in [0.15, 0.2) is 0 Å². The maximum atomic E-state index is 11.7. The van der Waals surface area contributed by atoms with Crippen LogP contribution in [0.4, 0.5) is 0 Å². The van der Waals surface area contributed by atoms with E-state index in [1.165, 1.54) is 14.2 Å². The molecule has 2 rings (SSSR count). The molecule has 96 valence electrons. The van der Waals surface area contributed by atoms with Gasteiger partial charge in [-0.25, -0.2) is 4.79 Å². The van der Waals surface area contributed by atoms with Crippen molar-refractivity contribution in [3.8, 4) is 11.5 Å². The third kappa shape index (κ3) is 1.97. The molecule has 0 spiro atoms. The Morgan fingerprint density at radius 3 is 2.67 bits per heavy atom. The van der Waals surface area contributed by atoms with Gasteiger partial charge in [-0.2, -0.15) is 0 Å². The van der Waals surface area contributed by atoms with E-state index in [4.69, 9.17) is 19.3 Å². The van der Waals surface area contributed by atoms with Crippen molar-refractivity contribution in [1.29, 1.82) is 0 Å². The zero-order valence-electron chi connectivity index (χ0n) is 9.93. The van der Waals surface area contributed by atoms with Crippen molar-refractivity contribution < 1.29 is 28.9 Å². The number of hydrogen-bond donors (Lipinski definition) is 1. The number of carboxylic acids is 1. The quantitative estimate of drug-likeness (QED) is 0.815. The van der Waals surface area contributed by atoms with Crippen LogP contribution in [0.2, 0.25) is 0 Å². The average molecular weight is 252 g/mol. The molecule has 0 aromatic heterocycles. The molecule has 18 heavy (non-hydrogen) atoms. The molecule has 6 nitrogen and oxygen atoms in total. The van der Waals surface area contributed by atoms with Crippen molar-refractivity contribution in [3.05, 3.63) is 23.3 Å². The second-order valence-corrected chi connectivity index (χ2v) is 3.79. The summed E-state index contributed by atoms with van der Waals surface area (Å²) in [6.45, 7) is 0. The van der Waals surface area contributed by atoms with Crippen molar-refractivity contribution >= 4 is 11.9 Å². The van der Waals surface area contributed by atoms with Crippen molar-refractivity contribution in [2.24, 2.45) is 0 Å². The Labute approximate surface area is 103 Å². The zero-order chi connectivity index (χ0) is 13.3. The monoisotopic (exact) mass is 252 g/mol. The fourth-order valence-corrected chi connectivity index (χ4v) is 1.92. The Morgan fingerprint density at radius 1 is 1.39 bits per heavy atom. The molecule has 0 amide bonds. The van der Waals surface area contributed by atoms with Crippen LogP contribution in [-0.2, 0) is 9.53 Å². The molecule has 0 radical (unpaired) electrons. The first-order valence-electron chi connectivity index (χ1n) is 5.25. The van der Waals surface area contributed by atoms with E-state index in [0.29, 0.717) is 17.1 Å². The maximum absolute atomic E-state index is 11.7. The van der Waals surface area contributed by atoms with E-state index in [2.05, 4.69) is 0 Å². The molecule has 1 aliphatic rings. The summed E-state index contributed by atoms with van der Waals surface area (Å²) in [6, 6.07) is 3.15. The van der Waals surface area contributed by atoms with Crippen molar-refractivity contribution in [2.75, 3.05) is 14.2 Å². The molecular weight excluding hydrogens is 240 g/mol. The van der Waals surface area contributed by atoms with Crippen LogP contribution in [0.15, 0.2) is 12.1 Å². The lowest BCUT2D eigenvalue weighted by Crippen LogP contribution is -2.05. The van der Waals surface area contributed by atoms with Crippen LogP contribution in [-0.4, -0.2) is 31.3 Å². The summed E-state index contributed by atoms with van der Waals surface area (Å²) in [5.74, 6) is -0.806. The SMILES string of the molecule is COc1cc(OC)c2c(c1)C(CC(=O)O)OC2=O.